The van der Waals surface area contributed by atoms with Crippen molar-refractivity contribution in [3.05, 3.63) is 16.7 Å². The van der Waals surface area contributed by atoms with E-state index in [1.807, 2.05) is 0 Å². The van der Waals surface area contributed by atoms with Crippen LogP contribution in [0, 0.1) is 0 Å². The lowest BCUT2D eigenvalue weighted by Crippen LogP contribution is -2.26. The second-order valence-electron chi connectivity index (χ2n) is 2.56. The van der Waals surface area contributed by atoms with Crippen LogP contribution in [0.5, 0.6) is 5.88 Å². The van der Waals surface area contributed by atoms with Gasteiger partial charge in [0.05, 0.1) is 32.5 Å². The standard InChI is InChI=1S/C7H12N2O4/c10-3-1-8-5-6(12)9(2-4-11)7(8)13/h5,10-12H,1-4H2. The minimum absolute atomic E-state index is 0.0586. The van der Waals surface area contributed by atoms with Crippen LogP contribution in [-0.2, 0) is 13.1 Å². The molecular formula is C7H12N2O4. The summed E-state index contributed by atoms with van der Waals surface area (Å²) in [4.78, 5) is 11.3. The van der Waals surface area contributed by atoms with Crippen LogP contribution in [0.25, 0.3) is 0 Å². The predicted octanol–water partition coefficient (Wildman–Crippen LogP) is -1.66. The fraction of sp³-hybridized carbons (Fsp3) is 0.571. The summed E-state index contributed by atoms with van der Waals surface area (Å²) in [5.74, 6) is -0.201. The van der Waals surface area contributed by atoms with Crippen LogP contribution < -0.4 is 5.69 Å². The topological polar surface area (TPSA) is 87.6 Å². The van der Waals surface area contributed by atoms with Crippen LogP contribution in [0.2, 0.25) is 0 Å². The number of nitrogens with zero attached hydrogens (tertiary/aromatic N) is 2. The Hall–Kier alpha value is -1.27. The number of aliphatic hydroxyl groups is 2. The summed E-state index contributed by atoms with van der Waals surface area (Å²) < 4.78 is 2.22. The highest BCUT2D eigenvalue weighted by Crippen LogP contribution is 2.04. The summed E-state index contributed by atoms with van der Waals surface area (Å²) in [7, 11) is 0. The molecule has 1 rings (SSSR count). The third kappa shape index (κ3) is 1.90. The van der Waals surface area contributed by atoms with Gasteiger partial charge >= 0.3 is 5.69 Å². The molecule has 0 unspecified atom stereocenters. The average Bonchev–Trinajstić information content (AvgIpc) is 2.34. The molecular weight excluding hydrogens is 176 g/mol. The molecule has 0 aromatic carbocycles. The number of aromatic hydroxyl groups is 1. The molecule has 0 radical (unpaired) electrons. The third-order valence-electron chi connectivity index (χ3n) is 1.69. The lowest BCUT2D eigenvalue weighted by molar-refractivity contribution is 0.261. The van der Waals surface area contributed by atoms with Crippen molar-refractivity contribution in [2.45, 2.75) is 13.1 Å². The van der Waals surface area contributed by atoms with Gasteiger partial charge in [0, 0.05) is 0 Å². The summed E-state index contributed by atoms with van der Waals surface area (Å²) in [5, 5.41) is 26.4. The monoisotopic (exact) mass is 188 g/mol. The summed E-state index contributed by atoms with van der Waals surface area (Å²) >= 11 is 0. The van der Waals surface area contributed by atoms with Crippen LogP contribution in [0.1, 0.15) is 0 Å². The smallest absolute Gasteiger partial charge is 0.331 e. The second-order valence-corrected chi connectivity index (χ2v) is 2.56. The van der Waals surface area contributed by atoms with Gasteiger partial charge in [0.25, 0.3) is 0 Å². The van der Waals surface area contributed by atoms with Gasteiger partial charge in [0.15, 0.2) is 0 Å². The van der Waals surface area contributed by atoms with Crippen molar-refractivity contribution in [3.63, 3.8) is 0 Å². The molecule has 1 aromatic heterocycles. The number of hydrogen-bond acceptors (Lipinski definition) is 4. The van der Waals surface area contributed by atoms with Gasteiger partial charge in [-0.3, -0.25) is 9.13 Å². The number of aromatic nitrogens is 2. The summed E-state index contributed by atoms with van der Waals surface area (Å²) in [6, 6.07) is 0. The molecule has 0 spiro atoms. The van der Waals surface area contributed by atoms with Crippen molar-refractivity contribution in [1.29, 1.82) is 0 Å². The zero-order chi connectivity index (χ0) is 9.84. The molecule has 0 aliphatic carbocycles. The van der Waals surface area contributed by atoms with Gasteiger partial charge in [-0.2, -0.15) is 0 Å². The Bertz CT molecular complexity index is 328. The Morgan fingerprint density at radius 3 is 2.38 bits per heavy atom. The first-order chi connectivity index (χ1) is 6.20. The van der Waals surface area contributed by atoms with E-state index in [-0.39, 0.29) is 32.2 Å². The van der Waals surface area contributed by atoms with E-state index in [0.29, 0.717) is 0 Å². The number of aliphatic hydroxyl groups excluding tert-OH is 2. The zero-order valence-corrected chi connectivity index (χ0v) is 7.05. The van der Waals surface area contributed by atoms with E-state index in [4.69, 9.17) is 10.2 Å². The molecule has 74 valence electrons. The molecule has 0 amide bonds. The highest BCUT2D eigenvalue weighted by Gasteiger charge is 2.08. The van der Waals surface area contributed by atoms with E-state index in [1.165, 1.54) is 10.8 Å². The second kappa shape index (κ2) is 4.11. The Kier molecular flexibility index (Phi) is 3.10. The third-order valence-corrected chi connectivity index (χ3v) is 1.69. The van der Waals surface area contributed by atoms with E-state index >= 15 is 0 Å². The zero-order valence-electron chi connectivity index (χ0n) is 7.05. The molecule has 6 heteroatoms. The minimum Gasteiger partial charge on any atom is -0.493 e. The maximum Gasteiger partial charge on any atom is 0.331 e. The fourth-order valence-electron chi connectivity index (χ4n) is 1.10. The van der Waals surface area contributed by atoms with Gasteiger partial charge in [-0.15, -0.1) is 0 Å². The van der Waals surface area contributed by atoms with Crippen molar-refractivity contribution in [2.75, 3.05) is 13.2 Å². The van der Waals surface area contributed by atoms with Crippen molar-refractivity contribution in [3.8, 4) is 5.88 Å². The molecule has 3 N–H and O–H groups in total. The van der Waals surface area contributed by atoms with E-state index in [0.717, 1.165) is 4.57 Å². The first kappa shape index (κ1) is 9.82. The number of rotatable bonds is 4. The Morgan fingerprint density at radius 2 is 1.85 bits per heavy atom. The first-order valence-corrected chi connectivity index (χ1v) is 3.91. The van der Waals surface area contributed by atoms with Crippen molar-refractivity contribution in [1.82, 2.24) is 9.13 Å². The van der Waals surface area contributed by atoms with Gasteiger partial charge in [-0.05, 0) is 0 Å². The molecule has 1 heterocycles. The quantitative estimate of drug-likeness (QED) is 0.527. The SMILES string of the molecule is O=c1n(CCO)cc(O)n1CCO. The first-order valence-electron chi connectivity index (χ1n) is 3.91. The maximum absolute atomic E-state index is 11.3. The molecule has 1 aromatic rings. The largest absolute Gasteiger partial charge is 0.493 e. The number of imidazole rings is 1. The molecule has 13 heavy (non-hydrogen) atoms. The maximum atomic E-state index is 11.3. The van der Waals surface area contributed by atoms with Crippen molar-refractivity contribution < 1.29 is 15.3 Å². The summed E-state index contributed by atoms with van der Waals surface area (Å²) in [6.07, 6.45) is 1.23. The van der Waals surface area contributed by atoms with Crippen molar-refractivity contribution >= 4 is 0 Å². The molecule has 0 atom stereocenters. The molecule has 0 aliphatic heterocycles. The Balaban J connectivity index is 3.00. The van der Waals surface area contributed by atoms with Crippen LogP contribution in [0.3, 0.4) is 0 Å². The normalized spacial score (nSPS) is 10.6. The molecule has 6 nitrogen and oxygen atoms in total. The van der Waals surface area contributed by atoms with E-state index in [9.17, 15) is 9.90 Å². The van der Waals surface area contributed by atoms with Crippen LogP contribution in [0.4, 0.5) is 0 Å². The molecule has 0 aliphatic rings. The molecule has 0 saturated carbocycles. The fourth-order valence-corrected chi connectivity index (χ4v) is 1.10. The van der Waals surface area contributed by atoms with Gasteiger partial charge < -0.3 is 15.3 Å². The summed E-state index contributed by atoms with van der Waals surface area (Å²) in [6.45, 7) is -0.174. The van der Waals surface area contributed by atoms with Crippen molar-refractivity contribution in [2.24, 2.45) is 0 Å². The van der Waals surface area contributed by atoms with Gasteiger partial charge in [0.1, 0.15) is 0 Å². The van der Waals surface area contributed by atoms with E-state index < -0.39 is 5.69 Å². The van der Waals surface area contributed by atoms with Gasteiger partial charge in [-0.25, -0.2) is 4.79 Å². The molecule has 0 fully saturated rings. The average molecular weight is 188 g/mol. The van der Waals surface area contributed by atoms with E-state index in [2.05, 4.69) is 0 Å². The Morgan fingerprint density at radius 1 is 1.23 bits per heavy atom. The van der Waals surface area contributed by atoms with E-state index in [1.54, 1.807) is 0 Å². The van der Waals surface area contributed by atoms with Gasteiger partial charge in [-0.1, -0.05) is 0 Å². The summed E-state index contributed by atoms with van der Waals surface area (Å²) in [5.41, 5.74) is -0.430. The molecule has 0 saturated heterocycles. The highest BCUT2D eigenvalue weighted by atomic mass is 16.3. The van der Waals surface area contributed by atoms with Crippen LogP contribution >= 0.6 is 0 Å². The van der Waals surface area contributed by atoms with Gasteiger partial charge in [0.2, 0.25) is 5.88 Å². The van der Waals surface area contributed by atoms with Crippen LogP contribution in [0.15, 0.2) is 11.0 Å². The predicted molar refractivity (Wildman–Crippen MR) is 44.5 cm³/mol. The lowest BCUT2D eigenvalue weighted by Gasteiger charge is -1.97. The Labute approximate surface area is 74.3 Å². The highest BCUT2D eigenvalue weighted by molar-refractivity contribution is 5.05. The number of hydrogen-bond donors (Lipinski definition) is 3. The lowest BCUT2D eigenvalue weighted by atomic mass is 10.6. The minimum atomic E-state index is -0.430. The van der Waals surface area contributed by atoms with Crippen LogP contribution in [-0.4, -0.2) is 37.7 Å². The molecule has 0 bridgehead atoms.